The van der Waals surface area contributed by atoms with E-state index >= 15 is 0 Å². The van der Waals surface area contributed by atoms with E-state index in [1.807, 2.05) is 6.07 Å². The lowest BCUT2D eigenvalue weighted by atomic mass is 10.1. The monoisotopic (exact) mass is 209 g/mol. The molecule has 1 aliphatic rings. The van der Waals surface area contributed by atoms with E-state index in [1.54, 1.807) is 6.26 Å². The molecule has 84 valence electrons. The van der Waals surface area contributed by atoms with Crippen molar-refractivity contribution in [2.45, 2.75) is 44.8 Å². The average Bonchev–Trinajstić information content (AvgIpc) is 2.86. The highest BCUT2D eigenvalue weighted by Gasteiger charge is 2.16. The summed E-state index contributed by atoms with van der Waals surface area (Å²) in [4.78, 5) is 0. The molecule has 1 fully saturated rings. The molecule has 0 aromatic carbocycles. The Balaban J connectivity index is 1.66. The number of hydrogen-bond donors (Lipinski definition) is 2. The van der Waals surface area contributed by atoms with Crippen LogP contribution in [-0.4, -0.2) is 23.8 Å². The van der Waals surface area contributed by atoms with Gasteiger partial charge in [0, 0.05) is 24.7 Å². The van der Waals surface area contributed by atoms with Crippen molar-refractivity contribution in [3.8, 4) is 0 Å². The van der Waals surface area contributed by atoms with Crippen LogP contribution < -0.4 is 10.6 Å². The van der Waals surface area contributed by atoms with Crippen molar-refractivity contribution in [3.05, 3.63) is 18.0 Å². The summed E-state index contributed by atoms with van der Waals surface area (Å²) in [7, 11) is 0. The minimum Gasteiger partial charge on any atom is -0.364 e. The number of aromatic nitrogens is 1. The van der Waals surface area contributed by atoms with Crippen LogP contribution in [0.5, 0.6) is 0 Å². The van der Waals surface area contributed by atoms with E-state index in [4.69, 9.17) is 4.52 Å². The van der Waals surface area contributed by atoms with E-state index < -0.39 is 0 Å². The lowest BCUT2D eigenvalue weighted by molar-refractivity contribution is 0.397. The third-order valence-corrected chi connectivity index (χ3v) is 2.92. The Hall–Kier alpha value is -0.870. The van der Waals surface area contributed by atoms with Crippen LogP contribution in [0.4, 0.5) is 0 Å². The second-order valence-electron chi connectivity index (χ2n) is 4.30. The molecule has 1 aliphatic heterocycles. The van der Waals surface area contributed by atoms with E-state index in [2.05, 4.69) is 22.7 Å². The maximum atomic E-state index is 4.78. The molecule has 1 aromatic heterocycles. The summed E-state index contributed by atoms with van der Waals surface area (Å²) in [5.74, 6) is 0. The molecule has 0 aliphatic carbocycles. The van der Waals surface area contributed by atoms with Crippen LogP contribution in [0.2, 0.25) is 0 Å². The lowest BCUT2D eigenvalue weighted by Crippen LogP contribution is -2.33. The normalized spacial score (nSPS) is 23.1. The van der Waals surface area contributed by atoms with E-state index in [0.717, 1.165) is 12.2 Å². The van der Waals surface area contributed by atoms with Crippen molar-refractivity contribution >= 4 is 0 Å². The first-order valence-electron chi connectivity index (χ1n) is 5.70. The first-order chi connectivity index (χ1) is 7.34. The van der Waals surface area contributed by atoms with Gasteiger partial charge in [-0.15, -0.1) is 0 Å². The van der Waals surface area contributed by atoms with Crippen LogP contribution in [0.25, 0.3) is 0 Å². The van der Waals surface area contributed by atoms with Gasteiger partial charge in [0.1, 0.15) is 6.26 Å². The van der Waals surface area contributed by atoms with Crippen LogP contribution in [-0.2, 0) is 6.54 Å². The summed E-state index contributed by atoms with van der Waals surface area (Å²) in [5.41, 5.74) is 0.973. The molecule has 2 heterocycles. The second kappa shape index (κ2) is 5.28. The molecule has 4 heteroatoms. The van der Waals surface area contributed by atoms with Crippen molar-refractivity contribution in [3.63, 3.8) is 0 Å². The van der Waals surface area contributed by atoms with Crippen molar-refractivity contribution in [2.75, 3.05) is 6.54 Å². The molecule has 2 atom stereocenters. The molecular weight excluding hydrogens is 190 g/mol. The summed E-state index contributed by atoms with van der Waals surface area (Å²) in [5, 5.41) is 10.8. The van der Waals surface area contributed by atoms with Crippen LogP contribution >= 0.6 is 0 Å². The fourth-order valence-electron chi connectivity index (χ4n) is 2.08. The Kier molecular flexibility index (Phi) is 3.75. The number of hydrogen-bond acceptors (Lipinski definition) is 4. The van der Waals surface area contributed by atoms with E-state index in [-0.39, 0.29) is 0 Å². The Morgan fingerprint density at radius 2 is 2.67 bits per heavy atom. The summed E-state index contributed by atoms with van der Waals surface area (Å²) in [6.45, 7) is 4.20. The molecule has 2 unspecified atom stereocenters. The maximum absolute atomic E-state index is 4.78. The van der Waals surface area contributed by atoms with Gasteiger partial charge in [0.15, 0.2) is 0 Å². The fraction of sp³-hybridized carbons (Fsp3) is 0.727. The van der Waals surface area contributed by atoms with Crippen molar-refractivity contribution in [1.29, 1.82) is 0 Å². The highest BCUT2D eigenvalue weighted by molar-refractivity contribution is 4.94. The highest BCUT2D eigenvalue weighted by atomic mass is 16.5. The predicted octanol–water partition coefficient (Wildman–Crippen LogP) is 1.29. The van der Waals surface area contributed by atoms with Gasteiger partial charge in [-0.05, 0) is 32.7 Å². The van der Waals surface area contributed by atoms with Crippen LogP contribution in [0.3, 0.4) is 0 Å². The van der Waals surface area contributed by atoms with Crippen LogP contribution in [0, 0.1) is 0 Å². The van der Waals surface area contributed by atoms with Gasteiger partial charge in [0.25, 0.3) is 0 Å². The number of nitrogens with zero attached hydrogens (tertiary/aromatic N) is 1. The minimum atomic E-state index is 0.525. The lowest BCUT2D eigenvalue weighted by Gasteiger charge is -2.17. The van der Waals surface area contributed by atoms with E-state index in [0.29, 0.717) is 12.1 Å². The molecule has 4 nitrogen and oxygen atoms in total. The first-order valence-corrected chi connectivity index (χ1v) is 5.70. The standard InChI is InChI=1S/C11H19N3O/c1-9(7-10-3-2-5-12-10)13-8-11-4-6-15-14-11/h4,6,9-10,12-13H,2-3,5,7-8H2,1H3. The zero-order chi connectivity index (χ0) is 10.5. The average molecular weight is 209 g/mol. The fourth-order valence-corrected chi connectivity index (χ4v) is 2.08. The van der Waals surface area contributed by atoms with Crippen LogP contribution in [0.1, 0.15) is 31.9 Å². The van der Waals surface area contributed by atoms with Gasteiger partial charge < -0.3 is 15.2 Å². The Morgan fingerprint density at radius 1 is 1.73 bits per heavy atom. The van der Waals surface area contributed by atoms with Crippen molar-refractivity contribution in [2.24, 2.45) is 0 Å². The molecule has 0 amide bonds. The molecule has 0 saturated carbocycles. The largest absolute Gasteiger partial charge is 0.364 e. The first kappa shape index (κ1) is 10.6. The van der Waals surface area contributed by atoms with Gasteiger partial charge in [0.05, 0.1) is 5.69 Å². The Morgan fingerprint density at radius 3 is 3.33 bits per heavy atom. The van der Waals surface area contributed by atoms with Gasteiger partial charge >= 0.3 is 0 Å². The molecule has 0 spiro atoms. The second-order valence-corrected chi connectivity index (χ2v) is 4.30. The van der Waals surface area contributed by atoms with Gasteiger partial charge in [-0.2, -0.15) is 0 Å². The van der Waals surface area contributed by atoms with Crippen LogP contribution in [0.15, 0.2) is 16.9 Å². The SMILES string of the molecule is CC(CC1CCCN1)NCc1ccon1. The third-order valence-electron chi connectivity index (χ3n) is 2.92. The predicted molar refractivity (Wildman–Crippen MR) is 58.4 cm³/mol. The van der Waals surface area contributed by atoms with Crippen molar-refractivity contribution in [1.82, 2.24) is 15.8 Å². The summed E-state index contributed by atoms with van der Waals surface area (Å²) in [6.07, 6.45) is 5.44. The van der Waals surface area contributed by atoms with E-state index in [9.17, 15) is 0 Å². The van der Waals surface area contributed by atoms with Gasteiger partial charge in [0.2, 0.25) is 0 Å². The zero-order valence-corrected chi connectivity index (χ0v) is 9.20. The molecule has 2 N–H and O–H groups in total. The van der Waals surface area contributed by atoms with Gasteiger partial charge in [-0.3, -0.25) is 0 Å². The van der Waals surface area contributed by atoms with Gasteiger partial charge in [-0.1, -0.05) is 5.16 Å². The quantitative estimate of drug-likeness (QED) is 0.767. The summed E-state index contributed by atoms with van der Waals surface area (Å²) >= 11 is 0. The highest BCUT2D eigenvalue weighted by Crippen LogP contribution is 2.10. The summed E-state index contributed by atoms with van der Waals surface area (Å²) in [6, 6.07) is 3.12. The van der Waals surface area contributed by atoms with Crippen molar-refractivity contribution < 1.29 is 4.52 Å². The Labute approximate surface area is 90.4 Å². The molecule has 2 rings (SSSR count). The smallest absolute Gasteiger partial charge is 0.124 e. The van der Waals surface area contributed by atoms with Gasteiger partial charge in [-0.25, -0.2) is 0 Å². The molecule has 0 bridgehead atoms. The summed E-state index contributed by atoms with van der Waals surface area (Å²) < 4.78 is 4.78. The maximum Gasteiger partial charge on any atom is 0.124 e. The number of nitrogens with one attached hydrogen (secondary N) is 2. The van der Waals surface area contributed by atoms with E-state index in [1.165, 1.54) is 25.8 Å². The third kappa shape index (κ3) is 3.32. The Bertz CT molecular complexity index is 267. The minimum absolute atomic E-state index is 0.525. The molecule has 0 radical (unpaired) electrons. The molecule has 1 aromatic rings. The molecule has 15 heavy (non-hydrogen) atoms. The molecular formula is C11H19N3O. The topological polar surface area (TPSA) is 50.1 Å². The number of rotatable bonds is 5. The zero-order valence-electron chi connectivity index (χ0n) is 9.20. The molecule has 1 saturated heterocycles.